The maximum Gasteiger partial charge on any atom is 0.225 e. The topological polar surface area (TPSA) is 56.7 Å². The largest absolute Gasteiger partial charge is 0.357 e. The lowest BCUT2D eigenvalue weighted by molar-refractivity contribution is 0.367. The molecule has 0 atom stereocenters. The van der Waals surface area contributed by atoms with Gasteiger partial charge in [0.15, 0.2) is 5.96 Å². The second-order valence-corrected chi connectivity index (χ2v) is 7.56. The Kier molecular flexibility index (Phi) is 8.60. The van der Waals surface area contributed by atoms with Crippen LogP contribution in [0.2, 0.25) is 0 Å². The van der Waals surface area contributed by atoms with Gasteiger partial charge in [-0.25, -0.2) is 14.4 Å². The lowest BCUT2D eigenvalue weighted by Crippen LogP contribution is -2.53. The molecule has 0 aliphatic carbocycles. The van der Waals surface area contributed by atoms with Crippen LogP contribution in [0, 0.1) is 5.82 Å². The number of rotatable bonds is 5. The van der Waals surface area contributed by atoms with Gasteiger partial charge >= 0.3 is 0 Å². The Morgan fingerprint density at radius 3 is 2.38 bits per heavy atom. The van der Waals surface area contributed by atoms with E-state index < -0.39 is 0 Å². The van der Waals surface area contributed by atoms with E-state index in [1.807, 2.05) is 32.0 Å². The second kappa shape index (κ2) is 10.7. The van der Waals surface area contributed by atoms with Crippen LogP contribution in [0.4, 0.5) is 10.3 Å². The van der Waals surface area contributed by atoms with Gasteiger partial charge in [-0.15, -0.1) is 24.0 Å². The Labute approximate surface area is 189 Å². The molecular weight excluding hydrogens is 482 g/mol. The van der Waals surface area contributed by atoms with Crippen LogP contribution in [-0.4, -0.2) is 60.1 Å². The number of halogens is 2. The van der Waals surface area contributed by atoms with Crippen LogP contribution in [0.15, 0.2) is 47.7 Å². The van der Waals surface area contributed by atoms with E-state index in [0.29, 0.717) is 12.1 Å². The number of benzene rings is 1. The lowest BCUT2D eigenvalue weighted by atomic mass is 9.84. The van der Waals surface area contributed by atoms with Crippen LogP contribution in [0.3, 0.4) is 0 Å². The minimum Gasteiger partial charge on any atom is -0.357 e. The molecule has 0 radical (unpaired) electrons. The van der Waals surface area contributed by atoms with Crippen molar-refractivity contribution in [3.05, 3.63) is 54.1 Å². The first-order chi connectivity index (χ1) is 13.5. The van der Waals surface area contributed by atoms with E-state index >= 15 is 0 Å². The lowest BCUT2D eigenvalue weighted by Gasteiger charge is -2.37. The van der Waals surface area contributed by atoms with Crippen LogP contribution < -0.4 is 10.2 Å². The molecule has 1 aliphatic rings. The Bertz CT molecular complexity index is 791. The molecule has 0 unspecified atom stereocenters. The highest BCUT2D eigenvalue weighted by molar-refractivity contribution is 14.0. The number of nitrogens with one attached hydrogen (secondary N) is 1. The summed E-state index contributed by atoms with van der Waals surface area (Å²) in [6.07, 6.45) is 3.54. The van der Waals surface area contributed by atoms with Gasteiger partial charge in [0.1, 0.15) is 5.82 Å². The summed E-state index contributed by atoms with van der Waals surface area (Å²) in [6, 6.07) is 8.78. The number of guanidine groups is 1. The number of piperazine rings is 1. The highest BCUT2D eigenvalue weighted by Crippen LogP contribution is 2.26. The fourth-order valence-electron chi connectivity index (χ4n) is 3.37. The quantitative estimate of drug-likeness (QED) is 0.379. The molecule has 1 aliphatic heterocycles. The Morgan fingerprint density at radius 2 is 1.76 bits per heavy atom. The molecule has 0 amide bonds. The first-order valence-electron chi connectivity index (χ1n) is 9.81. The SMILES string of the molecule is CCNC(=NCC(C)(C)c1ccccc1F)N1CCN(c2ncccn2)CC1.I. The molecule has 1 aromatic carbocycles. The van der Waals surface area contributed by atoms with E-state index in [4.69, 9.17) is 4.99 Å². The van der Waals surface area contributed by atoms with E-state index in [0.717, 1.165) is 44.6 Å². The number of nitrogens with zero attached hydrogens (tertiary/aromatic N) is 5. The third kappa shape index (κ3) is 6.01. The number of aromatic nitrogens is 2. The number of hydrogen-bond acceptors (Lipinski definition) is 4. The van der Waals surface area contributed by atoms with E-state index in [-0.39, 0.29) is 35.2 Å². The first kappa shape index (κ1) is 23.3. The number of aliphatic imine (C=N–C) groups is 1. The van der Waals surface area contributed by atoms with Crippen molar-refractivity contribution in [3.8, 4) is 0 Å². The molecule has 2 aromatic rings. The van der Waals surface area contributed by atoms with Crippen LogP contribution in [0.25, 0.3) is 0 Å². The predicted molar refractivity (Wildman–Crippen MR) is 127 cm³/mol. The van der Waals surface area contributed by atoms with Crippen LogP contribution >= 0.6 is 24.0 Å². The third-order valence-corrected chi connectivity index (χ3v) is 4.98. The van der Waals surface area contributed by atoms with Crippen molar-refractivity contribution in [1.29, 1.82) is 0 Å². The summed E-state index contributed by atoms with van der Waals surface area (Å²) in [5.41, 5.74) is 0.312. The van der Waals surface area contributed by atoms with Crippen molar-refractivity contribution in [1.82, 2.24) is 20.2 Å². The van der Waals surface area contributed by atoms with E-state index in [2.05, 4.69) is 32.0 Å². The standard InChI is InChI=1S/C21H29FN6.HI/c1-4-23-19(26-16-21(2,3)17-8-5-6-9-18(17)22)27-12-14-28(15-13-27)20-24-10-7-11-25-20;/h5-11H,4,12-16H2,1-3H3,(H,23,26);1H. The maximum absolute atomic E-state index is 14.2. The Morgan fingerprint density at radius 1 is 1.10 bits per heavy atom. The molecule has 2 heterocycles. The second-order valence-electron chi connectivity index (χ2n) is 7.56. The van der Waals surface area contributed by atoms with Crippen molar-refractivity contribution in [3.63, 3.8) is 0 Å². The minimum absolute atomic E-state index is 0. The highest BCUT2D eigenvalue weighted by atomic mass is 127. The Hall–Kier alpha value is -1.97. The summed E-state index contributed by atoms with van der Waals surface area (Å²) in [5.74, 6) is 1.47. The molecule has 0 bridgehead atoms. The van der Waals surface area contributed by atoms with Gasteiger partial charge in [-0.1, -0.05) is 32.0 Å². The summed E-state index contributed by atoms with van der Waals surface area (Å²) in [6.45, 7) is 10.8. The molecule has 158 valence electrons. The molecule has 1 fully saturated rings. The third-order valence-electron chi connectivity index (χ3n) is 4.98. The van der Waals surface area contributed by atoms with E-state index in [9.17, 15) is 4.39 Å². The Balaban J connectivity index is 0.00000300. The summed E-state index contributed by atoms with van der Waals surface area (Å²) in [5, 5.41) is 3.38. The molecular formula is C21H30FIN6. The van der Waals surface area contributed by atoms with Gasteiger partial charge in [-0.3, -0.25) is 4.99 Å². The van der Waals surface area contributed by atoms with Gasteiger partial charge in [0, 0.05) is 50.5 Å². The molecule has 1 aromatic heterocycles. The monoisotopic (exact) mass is 512 g/mol. The molecule has 1 N–H and O–H groups in total. The van der Waals surface area contributed by atoms with Gasteiger partial charge in [0.2, 0.25) is 5.95 Å². The smallest absolute Gasteiger partial charge is 0.225 e. The molecule has 6 nitrogen and oxygen atoms in total. The van der Waals surface area contributed by atoms with Crippen LogP contribution in [0.1, 0.15) is 26.3 Å². The van der Waals surface area contributed by atoms with Crippen molar-refractivity contribution < 1.29 is 4.39 Å². The van der Waals surface area contributed by atoms with E-state index in [1.54, 1.807) is 18.5 Å². The average Bonchev–Trinajstić information content (AvgIpc) is 2.72. The molecule has 0 spiro atoms. The summed E-state index contributed by atoms with van der Waals surface area (Å²) >= 11 is 0. The normalized spacial score (nSPS) is 15.1. The number of hydrogen-bond donors (Lipinski definition) is 1. The maximum atomic E-state index is 14.2. The zero-order valence-corrected chi connectivity index (χ0v) is 19.6. The van der Waals surface area contributed by atoms with E-state index in [1.165, 1.54) is 6.07 Å². The minimum atomic E-state index is -0.383. The van der Waals surface area contributed by atoms with Gasteiger partial charge in [0.25, 0.3) is 0 Å². The summed E-state index contributed by atoms with van der Waals surface area (Å²) < 4.78 is 14.2. The summed E-state index contributed by atoms with van der Waals surface area (Å²) in [4.78, 5) is 17.9. The molecule has 8 heteroatoms. The molecule has 29 heavy (non-hydrogen) atoms. The van der Waals surface area contributed by atoms with Gasteiger partial charge in [-0.2, -0.15) is 0 Å². The van der Waals surface area contributed by atoms with Crippen LogP contribution in [0.5, 0.6) is 0 Å². The number of anilines is 1. The first-order valence-corrected chi connectivity index (χ1v) is 9.81. The van der Waals surface area contributed by atoms with Crippen LogP contribution in [-0.2, 0) is 5.41 Å². The molecule has 0 saturated carbocycles. The zero-order valence-electron chi connectivity index (χ0n) is 17.3. The fourth-order valence-corrected chi connectivity index (χ4v) is 3.37. The highest BCUT2D eigenvalue weighted by Gasteiger charge is 2.25. The van der Waals surface area contributed by atoms with Gasteiger partial charge in [-0.05, 0) is 24.6 Å². The van der Waals surface area contributed by atoms with Crippen molar-refractivity contribution >= 4 is 35.9 Å². The van der Waals surface area contributed by atoms with Gasteiger partial charge in [0.05, 0.1) is 6.54 Å². The predicted octanol–water partition coefficient (Wildman–Crippen LogP) is 3.30. The molecule has 3 rings (SSSR count). The average molecular weight is 512 g/mol. The van der Waals surface area contributed by atoms with Crippen molar-refractivity contribution in [2.24, 2.45) is 4.99 Å². The van der Waals surface area contributed by atoms with Crippen molar-refractivity contribution in [2.45, 2.75) is 26.2 Å². The fraction of sp³-hybridized carbons (Fsp3) is 0.476. The van der Waals surface area contributed by atoms with Gasteiger partial charge < -0.3 is 15.1 Å². The van der Waals surface area contributed by atoms with Crippen molar-refractivity contribution in [2.75, 3.05) is 44.2 Å². The molecule has 1 saturated heterocycles. The summed E-state index contributed by atoms with van der Waals surface area (Å²) in [7, 11) is 0. The zero-order chi connectivity index (χ0) is 20.0.